The summed E-state index contributed by atoms with van der Waals surface area (Å²) in [5.74, 6) is 2.35. The van der Waals surface area contributed by atoms with Gasteiger partial charge in [0.2, 0.25) is 5.91 Å². The summed E-state index contributed by atoms with van der Waals surface area (Å²) in [4.78, 5) is 22.2. The predicted octanol–water partition coefficient (Wildman–Crippen LogP) is 4.13. The molecule has 0 saturated carbocycles. The van der Waals surface area contributed by atoms with Gasteiger partial charge in [-0.2, -0.15) is 0 Å². The van der Waals surface area contributed by atoms with E-state index in [-0.39, 0.29) is 5.91 Å². The smallest absolute Gasteiger partial charge is 0.233 e. The molecule has 0 aromatic carbocycles. The Morgan fingerprint density at radius 3 is 2.86 bits per heavy atom. The molecule has 0 N–H and O–H groups in total. The fourth-order valence-electron chi connectivity index (χ4n) is 4.57. The molecular formula is C21H27N5OS2. The molecule has 2 aliphatic rings. The van der Waals surface area contributed by atoms with Gasteiger partial charge in [-0.25, -0.2) is 4.98 Å². The van der Waals surface area contributed by atoms with Crippen molar-refractivity contribution < 1.29 is 4.79 Å². The Balaban J connectivity index is 1.50. The van der Waals surface area contributed by atoms with Crippen LogP contribution in [-0.2, 0) is 24.1 Å². The fourth-order valence-corrected chi connectivity index (χ4v) is 6.82. The number of likely N-dealkylation sites (tertiary alicyclic amines) is 1. The number of carbonyl (C=O) groups excluding carboxylic acids is 1. The van der Waals surface area contributed by atoms with E-state index in [1.54, 1.807) is 0 Å². The summed E-state index contributed by atoms with van der Waals surface area (Å²) in [5.41, 5.74) is 2.35. The van der Waals surface area contributed by atoms with E-state index in [4.69, 9.17) is 4.98 Å². The van der Waals surface area contributed by atoms with Crippen molar-refractivity contribution in [2.75, 3.05) is 18.8 Å². The molecule has 1 saturated heterocycles. The number of aryl methyl sites for hydroxylation is 2. The average molecular weight is 430 g/mol. The zero-order valence-corrected chi connectivity index (χ0v) is 18.7. The number of hydrogen-bond donors (Lipinski definition) is 0. The Morgan fingerprint density at radius 1 is 1.24 bits per heavy atom. The first-order valence-corrected chi connectivity index (χ1v) is 12.5. The highest BCUT2D eigenvalue weighted by molar-refractivity contribution is 7.99. The highest BCUT2D eigenvalue weighted by atomic mass is 32.2. The molecule has 0 unspecified atom stereocenters. The maximum absolute atomic E-state index is 12.6. The zero-order chi connectivity index (χ0) is 20.0. The lowest BCUT2D eigenvalue weighted by Gasteiger charge is -2.26. The summed E-state index contributed by atoms with van der Waals surface area (Å²) in [6, 6.07) is 0. The molecule has 4 heterocycles. The molecule has 1 atom stereocenters. The Bertz CT molecular complexity index is 1070. The van der Waals surface area contributed by atoms with Crippen LogP contribution in [-0.4, -0.2) is 49.2 Å². The van der Waals surface area contributed by atoms with Crippen molar-refractivity contribution in [3.8, 4) is 0 Å². The highest BCUT2D eigenvalue weighted by Gasteiger charge is 2.26. The minimum Gasteiger partial charge on any atom is -0.342 e. The van der Waals surface area contributed by atoms with Crippen LogP contribution in [0.3, 0.4) is 0 Å². The number of rotatable bonds is 4. The maximum atomic E-state index is 12.6. The second kappa shape index (κ2) is 7.87. The third kappa shape index (κ3) is 3.44. The number of thioether (sulfide) groups is 1. The zero-order valence-electron chi connectivity index (χ0n) is 17.1. The van der Waals surface area contributed by atoms with Gasteiger partial charge in [0.1, 0.15) is 10.7 Å². The van der Waals surface area contributed by atoms with Gasteiger partial charge < -0.3 is 4.90 Å². The van der Waals surface area contributed by atoms with Crippen molar-refractivity contribution >= 4 is 44.9 Å². The van der Waals surface area contributed by atoms with E-state index in [2.05, 4.69) is 28.4 Å². The van der Waals surface area contributed by atoms with Crippen LogP contribution in [0.25, 0.3) is 15.9 Å². The monoisotopic (exact) mass is 429 g/mol. The summed E-state index contributed by atoms with van der Waals surface area (Å²) in [6.07, 6.45) is 7.75. The molecule has 6 nitrogen and oxygen atoms in total. The number of piperidine rings is 1. The molecule has 29 heavy (non-hydrogen) atoms. The van der Waals surface area contributed by atoms with Gasteiger partial charge in [-0.05, 0) is 50.0 Å². The molecule has 0 spiro atoms. The average Bonchev–Trinajstić information content (AvgIpc) is 3.32. The molecule has 1 aliphatic heterocycles. The van der Waals surface area contributed by atoms with Gasteiger partial charge in [0, 0.05) is 24.4 Å². The standard InChI is InChI=1S/C21H27N5OS2/c1-3-16-22-20-18(14-8-7-13(2)11-15(14)29-20)19-23-24-21(26(16)19)28-12-17(27)25-9-5-4-6-10-25/h13H,3-12H2,1-2H3/t13-/m1/s1. The number of amides is 1. The van der Waals surface area contributed by atoms with E-state index in [9.17, 15) is 4.79 Å². The van der Waals surface area contributed by atoms with Crippen molar-refractivity contribution in [2.45, 2.75) is 63.9 Å². The minimum atomic E-state index is 0.209. The number of aromatic nitrogens is 4. The number of carbonyl (C=O) groups is 1. The van der Waals surface area contributed by atoms with Crippen molar-refractivity contribution in [1.82, 2.24) is 24.5 Å². The lowest BCUT2D eigenvalue weighted by Crippen LogP contribution is -2.36. The Hall–Kier alpha value is -1.67. The SMILES string of the molecule is CCc1nc2sc3c(c2c2nnc(SCC(=O)N4CCCCC4)n12)CC[C@@H](C)C3. The van der Waals surface area contributed by atoms with Crippen LogP contribution in [0.15, 0.2) is 5.16 Å². The van der Waals surface area contributed by atoms with Crippen LogP contribution in [0.1, 0.15) is 55.8 Å². The van der Waals surface area contributed by atoms with E-state index in [0.717, 1.165) is 72.6 Å². The number of nitrogens with zero attached hydrogens (tertiary/aromatic N) is 5. The van der Waals surface area contributed by atoms with Crippen LogP contribution in [0.5, 0.6) is 0 Å². The molecule has 154 valence electrons. The second-order valence-corrected chi connectivity index (χ2v) is 10.3. The van der Waals surface area contributed by atoms with Crippen LogP contribution in [0, 0.1) is 5.92 Å². The highest BCUT2D eigenvalue weighted by Crippen LogP contribution is 2.39. The Kier molecular flexibility index (Phi) is 5.24. The van der Waals surface area contributed by atoms with Crippen LogP contribution < -0.4 is 0 Å². The van der Waals surface area contributed by atoms with E-state index in [1.807, 2.05) is 16.2 Å². The Labute approximate surface area is 179 Å². The first kappa shape index (κ1) is 19.3. The normalized spacial score (nSPS) is 19.8. The fraction of sp³-hybridized carbons (Fsp3) is 0.619. The van der Waals surface area contributed by atoms with E-state index >= 15 is 0 Å². The molecule has 1 fully saturated rings. The molecular weight excluding hydrogens is 402 g/mol. The van der Waals surface area contributed by atoms with Gasteiger partial charge in [-0.15, -0.1) is 21.5 Å². The molecule has 5 rings (SSSR count). The van der Waals surface area contributed by atoms with E-state index < -0.39 is 0 Å². The maximum Gasteiger partial charge on any atom is 0.233 e. The van der Waals surface area contributed by atoms with Gasteiger partial charge in [-0.1, -0.05) is 25.6 Å². The molecule has 3 aromatic heterocycles. The lowest BCUT2D eigenvalue weighted by atomic mass is 9.89. The summed E-state index contributed by atoms with van der Waals surface area (Å²) in [5, 5.41) is 11.0. The third-order valence-corrected chi connectivity index (χ3v) is 8.25. The van der Waals surface area contributed by atoms with Crippen molar-refractivity contribution in [2.24, 2.45) is 5.92 Å². The van der Waals surface area contributed by atoms with Crippen LogP contribution >= 0.6 is 23.1 Å². The quantitative estimate of drug-likeness (QED) is 0.584. The summed E-state index contributed by atoms with van der Waals surface area (Å²) >= 11 is 3.33. The molecule has 1 amide bonds. The van der Waals surface area contributed by atoms with Crippen molar-refractivity contribution in [3.05, 3.63) is 16.3 Å². The first-order valence-electron chi connectivity index (χ1n) is 10.7. The predicted molar refractivity (Wildman–Crippen MR) is 118 cm³/mol. The van der Waals surface area contributed by atoms with Gasteiger partial charge >= 0.3 is 0 Å². The van der Waals surface area contributed by atoms with Crippen LogP contribution in [0.4, 0.5) is 0 Å². The molecule has 8 heteroatoms. The summed E-state index contributed by atoms with van der Waals surface area (Å²) in [6.45, 7) is 6.24. The topological polar surface area (TPSA) is 63.4 Å². The van der Waals surface area contributed by atoms with Crippen molar-refractivity contribution in [3.63, 3.8) is 0 Å². The van der Waals surface area contributed by atoms with Gasteiger partial charge in [0.15, 0.2) is 10.8 Å². The van der Waals surface area contributed by atoms with Crippen molar-refractivity contribution in [1.29, 1.82) is 0 Å². The van der Waals surface area contributed by atoms with E-state index in [0.29, 0.717) is 5.75 Å². The van der Waals surface area contributed by atoms with E-state index in [1.165, 1.54) is 40.4 Å². The largest absolute Gasteiger partial charge is 0.342 e. The molecule has 3 aromatic rings. The third-order valence-electron chi connectivity index (χ3n) is 6.19. The molecule has 1 aliphatic carbocycles. The lowest BCUT2D eigenvalue weighted by molar-refractivity contribution is -0.129. The molecule has 0 bridgehead atoms. The van der Waals surface area contributed by atoms with Crippen LogP contribution in [0.2, 0.25) is 0 Å². The Morgan fingerprint density at radius 2 is 2.07 bits per heavy atom. The van der Waals surface area contributed by atoms with Gasteiger partial charge in [0.05, 0.1) is 11.1 Å². The summed E-state index contributed by atoms with van der Waals surface area (Å²) in [7, 11) is 0. The van der Waals surface area contributed by atoms with Gasteiger partial charge in [0.25, 0.3) is 0 Å². The number of thiophene rings is 1. The first-order chi connectivity index (χ1) is 14.2. The number of hydrogen-bond acceptors (Lipinski definition) is 6. The summed E-state index contributed by atoms with van der Waals surface area (Å²) < 4.78 is 2.10. The molecule has 0 radical (unpaired) electrons. The minimum absolute atomic E-state index is 0.209. The van der Waals surface area contributed by atoms with Gasteiger partial charge in [-0.3, -0.25) is 9.20 Å². The second-order valence-electron chi connectivity index (χ2n) is 8.29. The number of fused-ring (bicyclic) bond motifs is 5.